The summed E-state index contributed by atoms with van der Waals surface area (Å²) in [6, 6.07) is 17.3. The van der Waals surface area contributed by atoms with Crippen molar-refractivity contribution < 1.29 is 4.74 Å². The van der Waals surface area contributed by atoms with E-state index in [1.807, 2.05) is 13.0 Å². The minimum atomic E-state index is 0.220. The minimum Gasteiger partial charge on any atom is -0.494 e. The van der Waals surface area contributed by atoms with Crippen molar-refractivity contribution in [3.05, 3.63) is 65.2 Å². The smallest absolute Gasteiger partial charge is 0.119 e. The van der Waals surface area contributed by atoms with Crippen LogP contribution in [0.3, 0.4) is 0 Å². The lowest BCUT2D eigenvalue weighted by Crippen LogP contribution is -2.17. The third kappa shape index (κ3) is 5.72. The lowest BCUT2D eigenvalue weighted by Gasteiger charge is -2.19. The molecule has 0 fully saturated rings. The van der Waals surface area contributed by atoms with E-state index in [2.05, 4.69) is 68.6 Å². The summed E-state index contributed by atoms with van der Waals surface area (Å²) in [7, 11) is 0. The molecule has 0 aromatic heterocycles. The average molecular weight is 311 g/mol. The van der Waals surface area contributed by atoms with Gasteiger partial charge in [0.1, 0.15) is 5.75 Å². The van der Waals surface area contributed by atoms with E-state index in [0.717, 1.165) is 25.3 Å². The highest BCUT2D eigenvalue weighted by Gasteiger charge is 2.12. The molecular formula is C21H29NO. The van der Waals surface area contributed by atoms with Crippen molar-refractivity contribution in [3.8, 4) is 5.75 Å². The highest BCUT2D eigenvalue weighted by atomic mass is 16.5. The first-order valence-electron chi connectivity index (χ1n) is 8.51. The van der Waals surface area contributed by atoms with E-state index in [1.54, 1.807) is 0 Å². The molecule has 2 aromatic rings. The number of hydrogen-bond donors (Lipinski definition) is 1. The molecule has 2 heteroatoms. The summed E-state index contributed by atoms with van der Waals surface area (Å²) in [5, 5.41) is 3.52. The molecule has 0 unspecified atom stereocenters. The first-order chi connectivity index (χ1) is 11.0. The topological polar surface area (TPSA) is 21.3 Å². The molecule has 2 rings (SSSR count). The molecule has 2 aromatic carbocycles. The molecule has 0 bridgehead atoms. The summed E-state index contributed by atoms with van der Waals surface area (Å²) in [6.45, 7) is 11.3. The van der Waals surface area contributed by atoms with Crippen molar-refractivity contribution in [3.63, 3.8) is 0 Å². The van der Waals surface area contributed by atoms with E-state index >= 15 is 0 Å². The quantitative estimate of drug-likeness (QED) is 0.747. The van der Waals surface area contributed by atoms with Gasteiger partial charge in [0.25, 0.3) is 0 Å². The second-order valence-electron chi connectivity index (χ2n) is 6.95. The van der Waals surface area contributed by atoms with Crippen molar-refractivity contribution >= 4 is 0 Å². The molecule has 0 aliphatic heterocycles. The van der Waals surface area contributed by atoms with Gasteiger partial charge in [-0.15, -0.1) is 0 Å². The summed E-state index contributed by atoms with van der Waals surface area (Å²) in [5.74, 6) is 0.961. The molecular weight excluding hydrogens is 282 g/mol. The van der Waals surface area contributed by atoms with Crippen LogP contribution in [0.15, 0.2) is 48.5 Å². The minimum absolute atomic E-state index is 0.220. The summed E-state index contributed by atoms with van der Waals surface area (Å²) < 4.78 is 5.54. The average Bonchev–Trinajstić information content (AvgIpc) is 2.52. The molecule has 0 aliphatic rings. The Morgan fingerprint density at radius 3 is 2.35 bits per heavy atom. The maximum Gasteiger partial charge on any atom is 0.119 e. The second kappa shape index (κ2) is 8.16. The van der Waals surface area contributed by atoms with Gasteiger partial charge in [-0.3, -0.25) is 0 Å². The normalized spacial score (nSPS) is 11.5. The van der Waals surface area contributed by atoms with Crippen LogP contribution in [0.25, 0.3) is 0 Å². The Hall–Kier alpha value is -1.80. The Morgan fingerprint density at radius 1 is 0.957 bits per heavy atom. The molecule has 0 saturated heterocycles. The third-order valence-electron chi connectivity index (χ3n) is 3.95. The standard InChI is InChI=1S/C21H29NO/c1-5-23-20-8-6-7-17(15-20)13-14-22-16-18-9-11-19(12-10-18)21(2,3)4/h6-12,15,22H,5,13-14,16H2,1-4H3. The summed E-state index contributed by atoms with van der Waals surface area (Å²) in [5.41, 5.74) is 4.25. The fraction of sp³-hybridized carbons (Fsp3) is 0.429. The zero-order valence-corrected chi connectivity index (χ0v) is 14.9. The molecule has 0 atom stereocenters. The Morgan fingerprint density at radius 2 is 1.70 bits per heavy atom. The van der Waals surface area contributed by atoms with Gasteiger partial charge >= 0.3 is 0 Å². The number of benzene rings is 2. The molecule has 23 heavy (non-hydrogen) atoms. The molecule has 2 nitrogen and oxygen atoms in total. The van der Waals surface area contributed by atoms with Crippen LogP contribution < -0.4 is 10.1 Å². The van der Waals surface area contributed by atoms with Gasteiger partial charge in [0.05, 0.1) is 6.61 Å². The zero-order valence-electron chi connectivity index (χ0n) is 14.9. The van der Waals surface area contributed by atoms with Gasteiger partial charge < -0.3 is 10.1 Å². The van der Waals surface area contributed by atoms with E-state index < -0.39 is 0 Å². The van der Waals surface area contributed by atoms with Gasteiger partial charge in [-0.1, -0.05) is 57.2 Å². The Kier molecular flexibility index (Phi) is 6.23. The zero-order chi connectivity index (χ0) is 16.7. The summed E-state index contributed by atoms with van der Waals surface area (Å²) in [6.07, 6.45) is 1.01. The van der Waals surface area contributed by atoms with Crippen LogP contribution in [0.2, 0.25) is 0 Å². The summed E-state index contributed by atoms with van der Waals surface area (Å²) >= 11 is 0. The SMILES string of the molecule is CCOc1cccc(CCNCc2ccc(C(C)(C)C)cc2)c1. The van der Waals surface area contributed by atoms with Crippen LogP contribution >= 0.6 is 0 Å². The van der Waals surface area contributed by atoms with Gasteiger partial charge in [-0.25, -0.2) is 0 Å². The van der Waals surface area contributed by atoms with Crippen molar-refractivity contribution in [1.29, 1.82) is 0 Å². The van der Waals surface area contributed by atoms with Crippen molar-refractivity contribution in [1.82, 2.24) is 5.32 Å². The van der Waals surface area contributed by atoms with Crippen LogP contribution in [-0.2, 0) is 18.4 Å². The van der Waals surface area contributed by atoms with Gasteiger partial charge in [0, 0.05) is 6.54 Å². The van der Waals surface area contributed by atoms with E-state index in [4.69, 9.17) is 4.74 Å². The Bertz CT molecular complexity index is 596. The Labute approximate surface area is 140 Å². The van der Waals surface area contributed by atoms with Crippen LogP contribution in [0.4, 0.5) is 0 Å². The van der Waals surface area contributed by atoms with Gasteiger partial charge in [-0.2, -0.15) is 0 Å². The predicted octanol–water partition coefficient (Wildman–Crippen LogP) is 4.72. The lowest BCUT2D eigenvalue weighted by atomic mass is 9.87. The molecule has 124 valence electrons. The number of nitrogens with one attached hydrogen (secondary N) is 1. The molecule has 0 aliphatic carbocycles. The highest BCUT2D eigenvalue weighted by molar-refractivity contribution is 5.29. The van der Waals surface area contributed by atoms with Crippen LogP contribution in [0.5, 0.6) is 5.75 Å². The van der Waals surface area contributed by atoms with E-state index in [9.17, 15) is 0 Å². The molecule has 0 radical (unpaired) electrons. The van der Waals surface area contributed by atoms with Gasteiger partial charge in [0.15, 0.2) is 0 Å². The van der Waals surface area contributed by atoms with E-state index in [-0.39, 0.29) is 5.41 Å². The van der Waals surface area contributed by atoms with Crippen molar-refractivity contribution in [2.24, 2.45) is 0 Å². The molecule has 1 N–H and O–H groups in total. The van der Waals surface area contributed by atoms with Crippen molar-refractivity contribution in [2.45, 2.75) is 46.1 Å². The molecule has 0 amide bonds. The first kappa shape index (κ1) is 17.6. The van der Waals surface area contributed by atoms with Gasteiger partial charge in [0.2, 0.25) is 0 Å². The van der Waals surface area contributed by atoms with Crippen LogP contribution in [0.1, 0.15) is 44.4 Å². The largest absolute Gasteiger partial charge is 0.494 e. The fourth-order valence-corrected chi connectivity index (χ4v) is 2.55. The molecule has 0 heterocycles. The molecule has 0 saturated carbocycles. The lowest BCUT2D eigenvalue weighted by molar-refractivity contribution is 0.340. The third-order valence-corrected chi connectivity index (χ3v) is 3.95. The van der Waals surface area contributed by atoms with E-state index in [1.165, 1.54) is 16.7 Å². The van der Waals surface area contributed by atoms with Crippen LogP contribution in [0, 0.1) is 0 Å². The van der Waals surface area contributed by atoms with E-state index in [0.29, 0.717) is 6.61 Å². The first-order valence-corrected chi connectivity index (χ1v) is 8.51. The second-order valence-corrected chi connectivity index (χ2v) is 6.95. The summed E-state index contributed by atoms with van der Waals surface area (Å²) in [4.78, 5) is 0. The monoisotopic (exact) mass is 311 g/mol. The molecule has 0 spiro atoms. The fourth-order valence-electron chi connectivity index (χ4n) is 2.55. The highest BCUT2D eigenvalue weighted by Crippen LogP contribution is 2.22. The van der Waals surface area contributed by atoms with Crippen molar-refractivity contribution in [2.75, 3.05) is 13.2 Å². The van der Waals surface area contributed by atoms with Gasteiger partial charge in [-0.05, 0) is 54.1 Å². The Balaban J connectivity index is 1.78. The maximum atomic E-state index is 5.54. The predicted molar refractivity (Wildman–Crippen MR) is 98.2 cm³/mol. The number of hydrogen-bond acceptors (Lipinski definition) is 2. The number of rotatable bonds is 7. The maximum absolute atomic E-state index is 5.54. The number of ether oxygens (including phenoxy) is 1. The van der Waals surface area contributed by atoms with Crippen LogP contribution in [-0.4, -0.2) is 13.2 Å².